The Kier molecular flexibility index (Phi) is 6.32. The summed E-state index contributed by atoms with van der Waals surface area (Å²) in [5.41, 5.74) is 3.36. The van der Waals surface area contributed by atoms with Crippen LogP contribution in [0.1, 0.15) is 35.4 Å². The Bertz CT molecular complexity index is 1040. The van der Waals surface area contributed by atoms with Gasteiger partial charge in [-0.05, 0) is 48.6 Å². The molecule has 4 aromatic rings. The third-order valence-corrected chi connectivity index (χ3v) is 5.86. The summed E-state index contributed by atoms with van der Waals surface area (Å²) in [6.45, 7) is 1.30. The van der Waals surface area contributed by atoms with Gasteiger partial charge in [-0.3, -0.25) is 9.48 Å². The molecular formula is C23H24N4OS. The van der Waals surface area contributed by atoms with E-state index >= 15 is 0 Å². The van der Waals surface area contributed by atoms with Gasteiger partial charge in [-0.25, -0.2) is 4.98 Å². The van der Waals surface area contributed by atoms with Crippen molar-refractivity contribution >= 4 is 27.5 Å². The fourth-order valence-electron chi connectivity index (χ4n) is 3.30. The second-order valence-electron chi connectivity index (χ2n) is 7.08. The number of benzene rings is 2. The Morgan fingerprint density at radius 1 is 1.03 bits per heavy atom. The van der Waals surface area contributed by atoms with E-state index in [0.717, 1.165) is 41.9 Å². The van der Waals surface area contributed by atoms with E-state index in [9.17, 15) is 4.79 Å². The summed E-state index contributed by atoms with van der Waals surface area (Å²) in [6, 6.07) is 18.4. The number of rotatable bonds is 9. The maximum atomic E-state index is 12.2. The smallest absolute Gasteiger partial charge is 0.220 e. The molecule has 0 spiro atoms. The minimum absolute atomic E-state index is 0.103. The van der Waals surface area contributed by atoms with E-state index in [1.54, 1.807) is 17.5 Å². The average molecular weight is 405 g/mol. The van der Waals surface area contributed by atoms with Crippen LogP contribution >= 0.6 is 11.3 Å². The zero-order chi connectivity index (χ0) is 19.9. The molecule has 0 aliphatic heterocycles. The SMILES string of the molecule is O=C(CCCCc1nc2ccccc2s1)NCc1cccc(Cn2cccn2)c1. The molecule has 2 aromatic carbocycles. The van der Waals surface area contributed by atoms with Crippen LogP contribution in [0.2, 0.25) is 0 Å². The monoisotopic (exact) mass is 404 g/mol. The summed E-state index contributed by atoms with van der Waals surface area (Å²) < 4.78 is 3.12. The number of thiazole rings is 1. The van der Waals surface area contributed by atoms with Gasteiger partial charge in [0.05, 0.1) is 21.8 Å². The number of amides is 1. The van der Waals surface area contributed by atoms with Crippen LogP contribution in [-0.4, -0.2) is 20.7 Å². The van der Waals surface area contributed by atoms with Crippen LogP contribution in [0.5, 0.6) is 0 Å². The van der Waals surface area contributed by atoms with Crippen LogP contribution in [0.4, 0.5) is 0 Å². The molecule has 5 nitrogen and oxygen atoms in total. The van der Waals surface area contributed by atoms with Crippen LogP contribution in [0.25, 0.3) is 10.2 Å². The first-order valence-corrected chi connectivity index (χ1v) is 10.7. The highest BCUT2D eigenvalue weighted by Gasteiger charge is 2.05. The third-order valence-electron chi connectivity index (χ3n) is 4.77. The highest BCUT2D eigenvalue weighted by molar-refractivity contribution is 7.18. The van der Waals surface area contributed by atoms with Crippen molar-refractivity contribution in [2.75, 3.05) is 0 Å². The Hall–Kier alpha value is -2.99. The molecule has 0 aliphatic carbocycles. The Morgan fingerprint density at radius 3 is 2.79 bits per heavy atom. The molecule has 0 atom stereocenters. The van der Waals surface area contributed by atoms with Gasteiger partial charge >= 0.3 is 0 Å². The molecule has 0 bridgehead atoms. The van der Waals surface area contributed by atoms with Gasteiger partial charge in [-0.15, -0.1) is 11.3 Å². The van der Waals surface area contributed by atoms with Crippen molar-refractivity contribution < 1.29 is 4.79 Å². The predicted molar refractivity (Wildman–Crippen MR) is 117 cm³/mol. The van der Waals surface area contributed by atoms with Crippen molar-refractivity contribution in [3.05, 3.63) is 83.1 Å². The first-order valence-electron chi connectivity index (χ1n) is 9.93. The second kappa shape index (κ2) is 9.47. The number of carbonyl (C=O) groups is 1. The van der Waals surface area contributed by atoms with E-state index in [1.165, 1.54) is 10.3 Å². The lowest BCUT2D eigenvalue weighted by molar-refractivity contribution is -0.121. The van der Waals surface area contributed by atoms with E-state index in [4.69, 9.17) is 0 Å². The molecule has 0 aliphatic rings. The van der Waals surface area contributed by atoms with Crippen molar-refractivity contribution in [2.45, 2.75) is 38.8 Å². The maximum Gasteiger partial charge on any atom is 0.220 e. The zero-order valence-corrected chi connectivity index (χ0v) is 17.1. The lowest BCUT2D eigenvalue weighted by atomic mass is 10.1. The molecule has 1 amide bonds. The summed E-state index contributed by atoms with van der Waals surface area (Å²) in [5, 5.41) is 8.42. The number of nitrogens with one attached hydrogen (secondary N) is 1. The standard InChI is InChI=1S/C23H24N4OS/c28-22(11-3-4-12-23-26-20-9-1-2-10-21(20)29-23)24-16-18-7-5-8-19(15-18)17-27-14-6-13-25-27/h1-2,5-10,13-15H,3-4,11-12,16-17H2,(H,24,28). The molecule has 29 heavy (non-hydrogen) atoms. The number of para-hydroxylation sites is 1. The average Bonchev–Trinajstić information content (AvgIpc) is 3.39. The van der Waals surface area contributed by atoms with Crippen molar-refractivity contribution in [3.63, 3.8) is 0 Å². The normalized spacial score (nSPS) is 11.0. The fourth-order valence-corrected chi connectivity index (χ4v) is 4.31. The molecule has 4 rings (SSSR count). The summed E-state index contributed by atoms with van der Waals surface area (Å²) >= 11 is 1.75. The van der Waals surface area contributed by atoms with Crippen molar-refractivity contribution in [3.8, 4) is 0 Å². The Labute approximate surface area is 174 Å². The molecule has 2 heterocycles. The first-order chi connectivity index (χ1) is 14.3. The van der Waals surface area contributed by atoms with Gasteiger partial charge in [0.1, 0.15) is 0 Å². The van der Waals surface area contributed by atoms with E-state index < -0.39 is 0 Å². The minimum Gasteiger partial charge on any atom is -0.352 e. The minimum atomic E-state index is 0.103. The molecule has 0 radical (unpaired) electrons. The van der Waals surface area contributed by atoms with Crippen LogP contribution in [0.3, 0.4) is 0 Å². The van der Waals surface area contributed by atoms with Crippen LogP contribution in [-0.2, 0) is 24.3 Å². The second-order valence-corrected chi connectivity index (χ2v) is 8.20. The van der Waals surface area contributed by atoms with Gasteiger partial charge in [0.25, 0.3) is 0 Å². The lowest BCUT2D eigenvalue weighted by Crippen LogP contribution is -2.22. The van der Waals surface area contributed by atoms with Crippen molar-refractivity contribution in [1.29, 1.82) is 0 Å². The zero-order valence-electron chi connectivity index (χ0n) is 16.3. The lowest BCUT2D eigenvalue weighted by Gasteiger charge is -2.08. The number of aryl methyl sites for hydroxylation is 1. The highest BCUT2D eigenvalue weighted by Crippen LogP contribution is 2.22. The Balaban J connectivity index is 1.18. The predicted octanol–water partition coefficient (Wildman–Crippen LogP) is 4.57. The van der Waals surface area contributed by atoms with Gasteiger partial charge in [0, 0.05) is 25.4 Å². The fraction of sp³-hybridized carbons (Fsp3) is 0.261. The molecular weight excluding hydrogens is 380 g/mol. The number of hydrogen-bond donors (Lipinski definition) is 1. The van der Waals surface area contributed by atoms with Gasteiger partial charge < -0.3 is 5.32 Å². The Morgan fingerprint density at radius 2 is 1.93 bits per heavy atom. The molecule has 0 saturated heterocycles. The number of nitrogens with zero attached hydrogens (tertiary/aromatic N) is 3. The summed E-state index contributed by atoms with van der Waals surface area (Å²) in [7, 11) is 0. The highest BCUT2D eigenvalue weighted by atomic mass is 32.1. The van der Waals surface area contributed by atoms with Gasteiger partial charge in [-0.1, -0.05) is 36.4 Å². The third kappa shape index (κ3) is 5.51. The van der Waals surface area contributed by atoms with Crippen molar-refractivity contribution in [2.24, 2.45) is 0 Å². The number of fused-ring (bicyclic) bond motifs is 1. The maximum absolute atomic E-state index is 12.2. The number of hydrogen-bond acceptors (Lipinski definition) is 4. The van der Waals surface area contributed by atoms with Crippen molar-refractivity contribution in [1.82, 2.24) is 20.1 Å². The van der Waals surface area contributed by atoms with Gasteiger partial charge in [0.2, 0.25) is 5.91 Å². The molecule has 2 aromatic heterocycles. The molecule has 148 valence electrons. The first kappa shape index (κ1) is 19.3. The van der Waals surface area contributed by atoms with Gasteiger partial charge in [-0.2, -0.15) is 5.10 Å². The number of unbranched alkanes of at least 4 members (excludes halogenated alkanes) is 1. The molecule has 1 N–H and O–H groups in total. The largest absolute Gasteiger partial charge is 0.352 e. The number of carbonyl (C=O) groups excluding carboxylic acids is 1. The quantitative estimate of drug-likeness (QED) is 0.416. The molecule has 0 fully saturated rings. The molecule has 0 saturated carbocycles. The van der Waals surface area contributed by atoms with Crippen LogP contribution in [0, 0.1) is 0 Å². The van der Waals surface area contributed by atoms with Gasteiger partial charge in [0.15, 0.2) is 0 Å². The summed E-state index contributed by atoms with van der Waals surface area (Å²) in [6.07, 6.45) is 7.07. The van der Waals surface area contributed by atoms with E-state index in [-0.39, 0.29) is 5.91 Å². The summed E-state index contributed by atoms with van der Waals surface area (Å²) in [4.78, 5) is 16.8. The van der Waals surface area contributed by atoms with Crippen LogP contribution in [0.15, 0.2) is 67.0 Å². The number of aromatic nitrogens is 3. The van der Waals surface area contributed by atoms with E-state index in [2.05, 4.69) is 33.6 Å². The molecule has 0 unspecified atom stereocenters. The summed E-state index contributed by atoms with van der Waals surface area (Å²) in [5.74, 6) is 0.103. The van der Waals surface area contributed by atoms with Crippen LogP contribution < -0.4 is 5.32 Å². The topological polar surface area (TPSA) is 59.8 Å². The van der Waals surface area contributed by atoms with E-state index in [0.29, 0.717) is 13.0 Å². The molecule has 6 heteroatoms. The van der Waals surface area contributed by atoms with E-state index in [1.807, 2.05) is 47.3 Å².